The van der Waals surface area contributed by atoms with Gasteiger partial charge in [0, 0.05) is 12.5 Å². The highest BCUT2D eigenvalue weighted by molar-refractivity contribution is 5.69. The average molecular weight is 291 g/mol. The number of hydrogen-bond acceptors (Lipinski definition) is 3. The standard InChI is InChI=1S/C18H29NO2/c1-4-14-11-12-15(5-2)16(13-14)17(19)9-7-8-10-18(20)21-6-3/h11-13,17H,4-10,19H2,1-3H3. The fourth-order valence-corrected chi connectivity index (χ4v) is 2.55. The summed E-state index contributed by atoms with van der Waals surface area (Å²) in [6.45, 7) is 6.62. The molecule has 0 aromatic heterocycles. The Labute approximate surface area is 128 Å². The number of unbranched alkanes of at least 4 members (excludes halogenated alkanes) is 1. The van der Waals surface area contributed by atoms with Crippen molar-refractivity contribution >= 4 is 5.97 Å². The number of esters is 1. The number of carbonyl (C=O) groups excluding carboxylic acids is 1. The number of aryl methyl sites for hydroxylation is 2. The first kappa shape index (κ1) is 17.7. The van der Waals surface area contributed by atoms with Crippen LogP contribution >= 0.6 is 0 Å². The number of ether oxygens (including phenoxy) is 1. The van der Waals surface area contributed by atoms with Gasteiger partial charge in [-0.1, -0.05) is 38.5 Å². The molecule has 0 heterocycles. The molecule has 3 nitrogen and oxygen atoms in total. The first-order valence-electron chi connectivity index (χ1n) is 8.15. The van der Waals surface area contributed by atoms with Gasteiger partial charge in [0.15, 0.2) is 0 Å². The van der Waals surface area contributed by atoms with Crippen LogP contribution in [0.15, 0.2) is 18.2 Å². The second-order valence-corrected chi connectivity index (χ2v) is 5.40. The van der Waals surface area contributed by atoms with Crippen LogP contribution < -0.4 is 5.73 Å². The molecule has 1 atom stereocenters. The van der Waals surface area contributed by atoms with Gasteiger partial charge in [-0.2, -0.15) is 0 Å². The molecule has 0 saturated carbocycles. The van der Waals surface area contributed by atoms with E-state index in [2.05, 4.69) is 32.0 Å². The third-order valence-electron chi connectivity index (χ3n) is 3.85. The maximum Gasteiger partial charge on any atom is 0.305 e. The SMILES string of the molecule is CCOC(=O)CCCCC(N)c1cc(CC)ccc1CC. The van der Waals surface area contributed by atoms with Gasteiger partial charge in [-0.05, 0) is 49.3 Å². The molecule has 0 saturated heterocycles. The Kier molecular flexibility index (Phi) is 8.06. The van der Waals surface area contributed by atoms with E-state index in [1.54, 1.807) is 0 Å². The zero-order chi connectivity index (χ0) is 15.7. The van der Waals surface area contributed by atoms with E-state index >= 15 is 0 Å². The lowest BCUT2D eigenvalue weighted by Gasteiger charge is -2.17. The van der Waals surface area contributed by atoms with Crippen molar-refractivity contribution in [3.05, 3.63) is 34.9 Å². The third kappa shape index (κ3) is 5.88. The Balaban J connectivity index is 2.51. The second-order valence-electron chi connectivity index (χ2n) is 5.40. The van der Waals surface area contributed by atoms with Crippen molar-refractivity contribution in [2.45, 2.75) is 65.3 Å². The van der Waals surface area contributed by atoms with Gasteiger partial charge >= 0.3 is 5.97 Å². The predicted molar refractivity (Wildman–Crippen MR) is 87.2 cm³/mol. The Bertz CT molecular complexity index is 443. The molecule has 1 rings (SSSR count). The quantitative estimate of drug-likeness (QED) is 0.554. The first-order valence-corrected chi connectivity index (χ1v) is 8.15. The zero-order valence-electron chi connectivity index (χ0n) is 13.7. The first-order chi connectivity index (χ1) is 10.1. The zero-order valence-corrected chi connectivity index (χ0v) is 13.7. The minimum atomic E-state index is -0.103. The molecule has 2 N–H and O–H groups in total. The topological polar surface area (TPSA) is 52.3 Å². The largest absolute Gasteiger partial charge is 0.466 e. The predicted octanol–water partition coefficient (Wildman–Crippen LogP) is 3.93. The van der Waals surface area contributed by atoms with Gasteiger partial charge in [-0.15, -0.1) is 0 Å². The van der Waals surface area contributed by atoms with Crippen molar-refractivity contribution < 1.29 is 9.53 Å². The van der Waals surface area contributed by atoms with Gasteiger partial charge in [-0.25, -0.2) is 0 Å². The molecule has 1 aromatic rings. The van der Waals surface area contributed by atoms with Crippen LogP contribution in [0.3, 0.4) is 0 Å². The third-order valence-corrected chi connectivity index (χ3v) is 3.85. The summed E-state index contributed by atoms with van der Waals surface area (Å²) < 4.78 is 4.93. The van der Waals surface area contributed by atoms with E-state index in [1.807, 2.05) is 6.92 Å². The van der Waals surface area contributed by atoms with Gasteiger partial charge in [0.2, 0.25) is 0 Å². The minimum absolute atomic E-state index is 0.0636. The second kappa shape index (κ2) is 9.56. The molecule has 0 radical (unpaired) electrons. The summed E-state index contributed by atoms with van der Waals surface area (Å²) >= 11 is 0. The Morgan fingerprint density at radius 2 is 1.95 bits per heavy atom. The summed E-state index contributed by atoms with van der Waals surface area (Å²) in [6.07, 6.45) is 5.26. The van der Waals surface area contributed by atoms with Crippen molar-refractivity contribution in [2.24, 2.45) is 5.73 Å². The lowest BCUT2D eigenvalue weighted by atomic mass is 9.93. The Morgan fingerprint density at radius 3 is 2.57 bits per heavy atom. The minimum Gasteiger partial charge on any atom is -0.466 e. The average Bonchev–Trinajstić information content (AvgIpc) is 2.50. The van der Waals surface area contributed by atoms with Crippen LogP contribution in [-0.4, -0.2) is 12.6 Å². The molecular weight excluding hydrogens is 262 g/mol. The van der Waals surface area contributed by atoms with Gasteiger partial charge < -0.3 is 10.5 Å². The summed E-state index contributed by atoms with van der Waals surface area (Å²) in [5.74, 6) is -0.103. The molecule has 0 spiro atoms. The van der Waals surface area contributed by atoms with Crippen molar-refractivity contribution in [3.8, 4) is 0 Å². The molecule has 3 heteroatoms. The van der Waals surface area contributed by atoms with Crippen molar-refractivity contribution in [1.82, 2.24) is 0 Å². The van der Waals surface area contributed by atoms with E-state index in [0.29, 0.717) is 13.0 Å². The molecule has 0 amide bonds. The van der Waals surface area contributed by atoms with E-state index in [4.69, 9.17) is 10.5 Å². The van der Waals surface area contributed by atoms with E-state index in [9.17, 15) is 4.79 Å². The summed E-state index contributed by atoms with van der Waals surface area (Å²) in [5, 5.41) is 0. The molecule has 1 aromatic carbocycles. The Hall–Kier alpha value is -1.35. The van der Waals surface area contributed by atoms with Crippen molar-refractivity contribution in [3.63, 3.8) is 0 Å². The number of hydrogen-bond donors (Lipinski definition) is 1. The summed E-state index contributed by atoms with van der Waals surface area (Å²) in [5.41, 5.74) is 10.3. The number of nitrogens with two attached hydrogens (primary N) is 1. The monoisotopic (exact) mass is 291 g/mol. The fourth-order valence-electron chi connectivity index (χ4n) is 2.55. The van der Waals surface area contributed by atoms with Gasteiger partial charge in [0.1, 0.15) is 0 Å². The number of rotatable bonds is 9. The van der Waals surface area contributed by atoms with E-state index in [0.717, 1.165) is 32.1 Å². The molecule has 0 bridgehead atoms. The van der Waals surface area contributed by atoms with Crippen LogP contribution in [0, 0.1) is 0 Å². The van der Waals surface area contributed by atoms with E-state index in [1.165, 1.54) is 16.7 Å². The van der Waals surface area contributed by atoms with Crippen LogP contribution in [0.5, 0.6) is 0 Å². The molecule has 0 aliphatic rings. The number of carbonyl (C=O) groups is 1. The molecule has 118 valence electrons. The summed E-state index contributed by atoms with van der Waals surface area (Å²) in [7, 11) is 0. The normalized spacial score (nSPS) is 12.2. The Morgan fingerprint density at radius 1 is 1.19 bits per heavy atom. The van der Waals surface area contributed by atoms with Crippen molar-refractivity contribution in [2.75, 3.05) is 6.61 Å². The lowest BCUT2D eigenvalue weighted by Crippen LogP contribution is -2.13. The summed E-state index contributed by atoms with van der Waals surface area (Å²) in [4.78, 5) is 11.3. The van der Waals surface area contributed by atoms with Crippen LogP contribution in [0.2, 0.25) is 0 Å². The highest BCUT2D eigenvalue weighted by atomic mass is 16.5. The van der Waals surface area contributed by atoms with E-state index in [-0.39, 0.29) is 12.0 Å². The molecule has 1 unspecified atom stereocenters. The van der Waals surface area contributed by atoms with Crippen LogP contribution in [0.4, 0.5) is 0 Å². The van der Waals surface area contributed by atoms with Crippen molar-refractivity contribution in [1.29, 1.82) is 0 Å². The van der Waals surface area contributed by atoms with Crippen LogP contribution in [0.25, 0.3) is 0 Å². The maximum absolute atomic E-state index is 11.3. The molecule has 21 heavy (non-hydrogen) atoms. The maximum atomic E-state index is 11.3. The molecule has 0 aliphatic carbocycles. The van der Waals surface area contributed by atoms with Gasteiger partial charge in [0.05, 0.1) is 6.61 Å². The van der Waals surface area contributed by atoms with Crippen LogP contribution in [0.1, 0.15) is 69.2 Å². The highest BCUT2D eigenvalue weighted by Gasteiger charge is 2.11. The number of benzene rings is 1. The van der Waals surface area contributed by atoms with Crippen LogP contribution in [-0.2, 0) is 22.4 Å². The smallest absolute Gasteiger partial charge is 0.305 e. The fraction of sp³-hybridized carbons (Fsp3) is 0.611. The van der Waals surface area contributed by atoms with Gasteiger partial charge in [-0.3, -0.25) is 4.79 Å². The molecule has 0 fully saturated rings. The summed E-state index contributed by atoms with van der Waals surface area (Å²) in [6, 6.07) is 6.70. The van der Waals surface area contributed by atoms with Gasteiger partial charge in [0.25, 0.3) is 0 Å². The molecular formula is C18H29NO2. The molecule has 0 aliphatic heterocycles. The highest BCUT2D eigenvalue weighted by Crippen LogP contribution is 2.23. The van der Waals surface area contributed by atoms with E-state index < -0.39 is 0 Å². The lowest BCUT2D eigenvalue weighted by molar-refractivity contribution is -0.143.